The Kier molecular flexibility index (Phi) is 8.55. The highest BCUT2D eigenvalue weighted by atomic mass is 35.5. The third-order valence-corrected chi connectivity index (χ3v) is 6.45. The van der Waals surface area contributed by atoms with Crippen molar-refractivity contribution in [2.45, 2.75) is 31.6 Å². The van der Waals surface area contributed by atoms with Gasteiger partial charge in [-0.2, -0.15) is 0 Å². The summed E-state index contributed by atoms with van der Waals surface area (Å²) in [5.74, 6) is 0.181. The third-order valence-electron chi connectivity index (χ3n) is 4.66. The van der Waals surface area contributed by atoms with Gasteiger partial charge >= 0.3 is 0 Å². The average molecular weight is 504 g/mol. The van der Waals surface area contributed by atoms with Crippen molar-refractivity contribution in [3.05, 3.63) is 82.1 Å². The van der Waals surface area contributed by atoms with Crippen molar-refractivity contribution in [1.82, 2.24) is 20.1 Å². The second-order valence-corrected chi connectivity index (χ2v) is 8.97. The van der Waals surface area contributed by atoms with E-state index < -0.39 is 6.04 Å². The predicted octanol–water partition coefficient (Wildman–Crippen LogP) is 5.30. The summed E-state index contributed by atoms with van der Waals surface area (Å²) in [6, 6.07) is 11.9. The van der Waals surface area contributed by atoms with Crippen molar-refractivity contribution in [3.8, 4) is 0 Å². The van der Waals surface area contributed by atoms with Crippen LogP contribution in [0.5, 0.6) is 0 Å². The number of benzene rings is 2. The van der Waals surface area contributed by atoms with Crippen LogP contribution in [0.15, 0.2) is 60.3 Å². The Morgan fingerprint density at radius 2 is 1.91 bits per heavy atom. The van der Waals surface area contributed by atoms with Gasteiger partial charge in [-0.25, -0.2) is 0 Å². The van der Waals surface area contributed by atoms with Gasteiger partial charge in [0.25, 0.3) is 5.91 Å². The second-order valence-electron chi connectivity index (χ2n) is 7.24. The van der Waals surface area contributed by atoms with E-state index in [2.05, 4.69) is 27.4 Å². The molecule has 172 valence electrons. The van der Waals surface area contributed by atoms with Crippen LogP contribution in [0.3, 0.4) is 0 Å². The fourth-order valence-corrected chi connectivity index (χ4v) is 4.10. The SMILES string of the molecule is C=CCn1c(SCC(=O)Nc2cccc(Cl)c2Cl)nnc1[C@H](C)NC(=O)c1ccc(C)cc1. The van der Waals surface area contributed by atoms with Gasteiger partial charge in [0.1, 0.15) is 0 Å². The topological polar surface area (TPSA) is 88.9 Å². The van der Waals surface area contributed by atoms with Gasteiger partial charge in [0.05, 0.1) is 27.5 Å². The zero-order valence-corrected chi connectivity index (χ0v) is 20.5. The monoisotopic (exact) mass is 503 g/mol. The first-order valence-corrected chi connectivity index (χ1v) is 11.8. The molecule has 2 N–H and O–H groups in total. The fourth-order valence-electron chi connectivity index (χ4n) is 2.99. The van der Waals surface area contributed by atoms with Crippen LogP contribution in [0.4, 0.5) is 5.69 Å². The molecule has 0 spiro atoms. The Hall–Kier alpha value is -2.81. The van der Waals surface area contributed by atoms with Crippen LogP contribution in [0.2, 0.25) is 10.0 Å². The number of nitrogens with one attached hydrogen (secondary N) is 2. The highest BCUT2D eigenvalue weighted by molar-refractivity contribution is 7.99. The predicted molar refractivity (Wildman–Crippen MR) is 133 cm³/mol. The smallest absolute Gasteiger partial charge is 0.251 e. The Bertz CT molecular complexity index is 1160. The van der Waals surface area contributed by atoms with E-state index in [-0.39, 0.29) is 22.6 Å². The van der Waals surface area contributed by atoms with Gasteiger partial charge in [-0.3, -0.25) is 9.59 Å². The number of allylic oxidation sites excluding steroid dienone is 1. The van der Waals surface area contributed by atoms with Crippen LogP contribution >= 0.6 is 35.0 Å². The molecule has 0 aliphatic heterocycles. The van der Waals surface area contributed by atoms with Crippen LogP contribution in [0.1, 0.15) is 34.7 Å². The van der Waals surface area contributed by atoms with Crippen molar-refractivity contribution in [2.24, 2.45) is 0 Å². The Morgan fingerprint density at radius 1 is 1.18 bits per heavy atom. The lowest BCUT2D eigenvalue weighted by Gasteiger charge is -2.15. The summed E-state index contributed by atoms with van der Waals surface area (Å²) in [4.78, 5) is 25.0. The number of rotatable bonds is 9. The van der Waals surface area contributed by atoms with Crippen molar-refractivity contribution in [2.75, 3.05) is 11.1 Å². The lowest BCUT2D eigenvalue weighted by Crippen LogP contribution is -2.28. The first kappa shape index (κ1) is 24.8. The van der Waals surface area contributed by atoms with Gasteiger partial charge in [0, 0.05) is 12.1 Å². The van der Waals surface area contributed by atoms with E-state index in [4.69, 9.17) is 23.2 Å². The molecular weight excluding hydrogens is 481 g/mol. The highest BCUT2D eigenvalue weighted by Crippen LogP contribution is 2.30. The molecule has 0 saturated carbocycles. The second kappa shape index (κ2) is 11.4. The zero-order valence-electron chi connectivity index (χ0n) is 18.1. The third kappa shape index (κ3) is 6.37. The maximum Gasteiger partial charge on any atom is 0.251 e. The molecule has 1 aromatic heterocycles. The minimum absolute atomic E-state index is 0.0855. The van der Waals surface area contributed by atoms with Crippen molar-refractivity contribution in [1.29, 1.82) is 0 Å². The number of aromatic nitrogens is 3. The van der Waals surface area contributed by atoms with Crippen LogP contribution in [-0.4, -0.2) is 32.3 Å². The number of carbonyl (C=O) groups is 2. The molecule has 0 aliphatic rings. The first-order valence-electron chi connectivity index (χ1n) is 10.1. The molecule has 2 amide bonds. The minimum Gasteiger partial charge on any atom is -0.342 e. The molecule has 0 aliphatic carbocycles. The molecule has 3 aromatic rings. The molecule has 1 atom stereocenters. The number of thioether (sulfide) groups is 1. The number of hydrogen-bond acceptors (Lipinski definition) is 5. The molecular formula is C23H23Cl2N5O2S. The minimum atomic E-state index is -0.403. The molecule has 0 bridgehead atoms. The van der Waals surface area contributed by atoms with Crippen molar-refractivity contribution >= 4 is 52.5 Å². The molecule has 2 aromatic carbocycles. The Balaban J connectivity index is 1.67. The van der Waals surface area contributed by atoms with E-state index >= 15 is 0 Å². The summed E-state index contributed by atoms with van der Waals surface area (Å²) in [5.41, 5.74) is 2.08. The summed E-state index contributed by atoms with van der Waals surface area (Å²) in [7, 11) is 0. The van der Waals surface area contributed by atoms with Crippen LogP contribution in [-0.2, 0) is 11.3 Å². The molecule has 10 heteroatoms. The summed E-state index contributed by atoms with van der Waals surface area (Å²) in [5, 5.41) is 15.3. The number of nitrogens with zero attached hydrogens (tertiary/aromatic N) is 3. The maximum absolute atomic E-state index is 12.6. The van der Waals surface area contributed by atoms with Gasteiger partial charge in [-0.05, 0) is 38.1 Å². The summed E-state index contributed by atoms with van der Waals surface area (Å²) < 4.78 is 1.82. The lowest BCUT2D eigenvalue weighted by atomic mass is 10.1. The fraction of sp³-hybridized carbons (Fsp3) is 0.217. The van der Waals surface area contributed by atoms with E-state index in [0.29, 0.717) is 33.8 Å². The molecule has 33 heavy (non-hydrogen) atoms. The van der Waals surface area contributed by atoms with Gasteiger partial charge in [-0.1, -0.05) is 64.8 Å². The standard InChI is InChI=1S/C23H23Cl2N5O2S/c1-4-12-30-21(15(3)26-22(32)16-10-8-14(2)9-11-16)28-29-23(30)33-13-19(31)27-18-7-5-6-17(24)20(18)25/h4-11,15H,1,12-13H2,2-3H3,(H,26,32)(H,27,31)/t15-/m0/s1. The highest BCUT2D eigenvalue weighted by Gasteiger charge is 2.20. The van der Waals surface area contributed by atoms with Gasteiger partial charge in [-0.15, -0.1) is 16.8 Å². The molecule has 7 nitrogen and oxygen atoms in total. The largest absolute Gasteiger partial charge is 0.342 e. The Morgan fingerprint density at radius 3 is 2.61 bits per heavy atom. The van der Waals surface area contributed by atoms with E-state index in [0.717, 1.165) is 5.56 Å². The van der Waals surface area contributed by atoms with Gasteiger partial charge < -0.3 is 15.2 Å². The summed E-state index contributed by atoms with van der Waals surface area (Å²) in [6.07, 6.45) is 1.71. The van der Waals surface area contributed by atoms with Crippen LogP contribution in [0, 0.1) is 6.92 Å². The number of aryl methyl sites for hydroxylation is 1. The summed E-state index contributed by atoms with van der Waals surface area (Å²) >= 11 is 13.3. The number of anilines is 1. The van der Waals surface area contributed by atoms with Crippen molar-refractivity contribution < 1.29 is 9.59 Å². The van der Waals surface area contributed by atoms with E-state index in [9.17, 15) is 9.59 Å². The number of carbonyl (C=O) groups excluding carboxylic acids is 2. The molecule has 3 rings (SSSR count). The quantitative estimate of drug-likeness (QED) is 0.305. The Labute approximate surface area is 206 Å². The van der Waals surface area contributed by atoms with Crippen molar-refractivity contribution in [3.63, 3.8) is 0 Å². The molecule has 0 fully saturated rings. The molecule has 0 radical (unpaired) electrons. The maximum atomic E-state index is 12.6. The molecule has 1 heterocycles. The van der Waals surface area contributed by atoms with E-state index in [1.54, 1.807) is 36.4 Å². The van der Waals surface area contributed by atoms with Gasteiger partial charge in [0.2, 0.25) is 5.91 Å². The molecule has 0 unspecified atom stereocenters. The van der Waals surface area contributed by atoms with E-state index in [1.807, 2.05) is 30.5 Å². The number of amides is 2. The normalized spacial score (nSPS) is 11.6. The number of halogens is 2. The van der Waals surface area contributed by atoms with Crippen LogP contribution in [0.25, 0.3) is 0 Å². The number of hydrogen-bond donors (Lipinski definition) is 2. The average Bonchev–Trinajstić information content (AvgIpc) is 3.19. The first-order chi connectivity index (χ1) is 15.8. The molecule has 0 saturated heterocycles. The summed E-state index contributed by atoms with van der Waals surface area (Å²) in [6.45, 7) is 8.01. The van der Waals surface area contributed by atoms with E-state index in [1.165, 1.54) is 11.8 Å². The lowest BCUT2D eigenvalue weighted by molar-refractivity contribution is -0.113. The van der Waals surface area contributed by atoms with Crippen LogP contribution < -0.4 is 10.6 Å². The van der Waals surface area contributed by atoms with Gasteiger partial charge in [0.15, 0.2) is 11.0 Å². The zero-order chi connectivity index (χ0) is 24.0.